The Kier molecular flexibility index (Phi) is 8.06. The minimum atomic E-state index is -0.791. The molecule has 0 bridgehead atoms. The van der Waals surface area contributed by atoms with Gasteiger partial charge in [0.25, 0.3) is 0 Å². The second-order valence-corrected chi connectivity index (χ2v) is 10.2. The molecule has 1 aliphatic carbocycles. The number of likely N-dealkylation sites (tertiary alicyclic amines) is 1. The fourth-order valence-electron chi connectivity index (χ4n) is 5.26. The molecule has 1 aromatic carbocycles. The van der Waals surface area contributed by atoms with Crippen molar-refractivity contribution in [3.05, 3.63) is 47.0 Å². The van der Waals surface area contributed by atoms with Gasteiger partial charge in [0.2, 0.25) is 17.7 Å². The number of ether oxygens (including phenoxy) is 1. The molecule has 1 N–H and O–H groups in total. The minimum absolute atomic E-state index is 0.0541. The van der Waals surface area contributed by atoms with Gasteiger partial charge >= 0.3 is 0 Å². The summed E-state index contributed by atoms with van der Waals surface area (Å²) in [5, 5.41) is 3.74. The third-order valence-electron chi connectivity index (χ3n) is 7.06. The van der Waals surface area contributed by atoms with Crippen molar-refractivity contribution in [1.82, 2.24) is 15.1 Å². The van der Waals surface area contributed by atoms with Crippen molar-refractivity contribution in [2.45, 2.75) is 45.2 Å². The normalized spacial score (nSPS) is 24.9. The highest BCUT2D eigenvalue weighted by Gasteiger charge is 2.51. The lowest BCUT2D eigenvalue weighted by Crippen LogP contribution is -2.52. The average Bonchev–Trinajstić information content (AvgIpc) is 3.09. The number of nitrogens with zero attached hydrogens (tertiary/aromatic N) is 2. The molecule has 1 aromatic rings. The Morgan fingerprint density at radius 1 is 1.06 bits per heavy atom. The van der Waals surface area contributed by atoms with Crippen LogP contribution in [0.3, 0.4) is 0 Å². The number of halogens is 1. The molecule has 4 rings (SSSR count). The van der Waals surface area contributed by atoms with Gasteiger partial charge < -0.3 is 10.1 Å². The average molecular weight is 488 g/mol. The van der Waals surface area contributed by atoms with Crippen molar-refractivity contribution in [3.63, 3.8) is 0 Å². The van der Waals surface area contributed by atoms with Crippen LogP contribution < -0.4 is 5.32 Å². The van der Waals surface area contributed by atoms with Crippen LogP contribution in [0.2, 0.25) is 5.02 Å². The summed E-state index contributed by atoms with van der Waals surface area (Å²) in [6, 6.07) is 6.82. The van der Waals surface area contributed by atoms with Gasteiger partial charge in [-0.2, -0.15) is 0 Å². The monoisotopic (exact) mass is 487 g/mol. The van der Waals surface area contributed by atoms with Crippen molar-refractivity contribution >= 4 is 29.3 Å². The molecule has 184 valence electrons. The number of morpholine rings is 1. The molecule has 4 unspecified atom stereocenters. The lowest BCUT2D eigenvalue weighted by atomic mass is 9.85. The van der Waals surface area contributed by atoms with Gasteiger partial charge in [-0.05, 0) is 42.9 Å². The first-order valence-electron chi connectivity index (χ1n) is 12.2. The van der Waals surface area contributed by atoms with E-state index in [9.17, 15) is 14.4 Å². The summed E-state index contributed by atoms with van der Waals surface area (Å²) < 4.78 is 5.51. The summed E-state index contributed by atoms with van der Waals surface area (Å²) >= 11 is 6.09. The van der Waals surface area contributed by atoms with E-state index in [4.69, 9.17) is 16.3 Å². The number of hydrogen-bond donors (Lipinski definition) is 1. The van der Waals surface area contributed by atoms with Crippen molar-refractivity contribution < 1.29 is 19.1 Å². The molecule has 2 aliphatic heterocycles. The SMILES string of the molecule is CC(C)CC(C(=O)NCC(c1ccc(Cl)cc1)N1CCOCC1)N1C(=O)C2CC=CCC2C1=O. The van der Waals surface area contributed by atoms with Crippen LogP contribution in [0.25, 0.3) is 0 Å². The standard InChI is InChI=1S/C26H34ClN3O4/c1-17(2)15-22(30-25(32)20-5-3-4-6-21(20)26(30)33)24(31)28-16-23(29-11-13-34-14-12-29)18-7-9-19(27)10-8-18/h3-4,7-10,17,20-23H,5-6,11-16H2,1-2H3,(H,28,31). The van der Waals surface area contributed by atoms with Crippen LogP contribution in [0.15, 0.2) is 36.4 Å². The van der Waals surface area contributed by atoms with E-state index in [2.05, 4.69) is 10.2 Å². The summed E-state index contributed by atoms with van der Waals surface area (Å²) in [4.78, 5) is 43.4. The molecule has 2 heterocycles. The number of allylic oxidation sites excluding steroid dienone is 2. The number of amides is 3. The van der Waals surface area contributed by atoms with E-state index in [0.717, 1.165) is 18.7 Å². The maximum atomic E-state index is 13.5. The van der Waals surface area contributed by atoms with E-state index in [1.54, 1.807) is 0 Å². The Morgan fingerprint density at radius 2 is 1.65 bits per heavy atom. The largest absolute Gasteiger partial charge is 0.379 e. The van der Waals surface area contributed by atoms with Crippen molar-refractivity contribution in [2.75, 3.05) is 32.8 Å². The molecule has 0 saturated carbocycles. The highest BCUT2D eigenvalue weighted by molar-refractivity contribution is 6.30. The second-order valence-electron chi connectivity index (χ2n) is 9.81. The van der Waals surface area contributed by atoms with Gasteiger partial charge in [0.1, 0.15) is 6.04 Å². The van der Waals surface area contributed by atoms with Crippen molar-refractivity contribution in [2.24, 2.45) is 17.8 Å². The number of benzene rings is 1. The number of hydrogen-bond acceptors (Lipinski definition) is 5. The quantitative estimate of drug-likeness (QED) is 0.450. The van der Waals surface area contributed by atoms with Crippen LogP contribution >= 0.6 is 11.6 Å². The summed E-state index contributed by atoms with van der Waals surface area (Å²) in [6.07, 6.45) is 5.51. The molecule has 0 radical (unpaired) electrons. The van der Waals surface area contributed by atoms with E-state index < -0.39 is 6.04 Å². The van der Waals surface area contributed by atoms with Crippen LogP contribution in [-0.2, 0) is 19.1 Å². The predicted octanol–water partition coefficient (Wildman–Crippen LogP) is 3.20. The number of carbonyl (C=O) groups excluding carboxylic acids is 3. The molecule has 34 heavy (non-hydrogen) atoms. The zero-order valence-electron chi connectivity index (χ0n) is 19.9. The number of nitrogens with one attached hydrogen (secondary N) is 1. The highest BCUT2D eigenvalue weighted by atomic mass is 35.5. The molecule has 3 aliphatic rings. The molecule has 8 heteroatoms. The van der Waals surface area contributed by atoms with E-state index in [-0.39, 0.29) is 41.5 Å². The predicted molar refractivity (Wildman–Crippen MR) is 130 cm³/mol. The smallest absolute Gasteiger partial charge is 0.243 e. The van der Waals surface area contributed by atoms with Crippen LogP contribution in [-0.4, -0.2) is 66.4 Å². The summed E-state index contributed by atoms with van der Waals surface area (Å²) in [7, 11) is 0. The molecule has 0 aromatic heterocycles. The summed E-state index contributed by atoms with van der Waals surface area (Å²) in [5.74, 6) is -1.20. The van der Waals surface area contributed by atoms with Gasteiger partial charge in [-0.15, -0.1) is 0 Å². The lowest BCUT2D eigenvalue weighted by Gasteiger charge is -2.35. The van der Waals surface area contributed by atoms with Crippen molar-refractivity contribution in [1.29, 1.82) is 0 Å². The molecule has 7 nitrogen and oxygen atoms in total. The molecule has 3 amide bonds. The topological polar surface area (TPSA) is 79.0 Å². The lowest BCUT2D eigenvalue weighted by molar-refractivity contribution is -0.148. The molecular formula is C26H34ClN3O4. The van der Waals surface area contributed by atoms with E-state index in [0.29, 0.717) is 44.0 Å². The fraction of sp³-hybridized carbons (Fsp3) is 0.577. The molecule has 2 fully saturated rings. The zero-order chi connectivity index (χ0) is 24.2. The Morgan fingerprint density at radius 3 is 2.21 bits per heavy atom. The third-order valence-corrected chi connectivity index (χ3v) is 7.31. The fourth-order valence-corrected chi connectivity index (χ4v) is 5.38. The van der Waals surface area contributed by atoms with E-state index >= 15 is 0 Å². The van der Waals surface area contributed by atoms with Gasteiger partial charge in [-0.3, -0.25) is 24.2 Å². The zero-order valence-corrected chi connectivity index (χ0v) is 20.7. The number of rotatable bonds is 8. The molecule has 4 atom stereocenters. The van der Waals surface area contributed by atoms with Gasteiger partial charge in [0.05, 0.1) is 31.1 Å². The second kappa shape index (κ2) is 11.0. The van der Waals surface area contributed by atoms with Gasteiger partial charge in [-0.25, -0.2) is 0 Å². The molecular weight excluding hydrogens is 454 g/mol. The van der Waals surface area contributed by atoms with Crippen LogP contribution in [0, 0.1) is 17.8 Å². The highest BCUT2D eigenvalue weighted by Crippen LogP contribution is 2.37. The van der Waals surface area contributed by atoms with Gasteiger partial charge in [0.15, 0.2) is 0 Å². The molecule has 2 saturated heterocycles. The summed E-state index contributed by atoms with van der Waals surface area (Å²) in [6.45, 7) is 7.19. The maximum absolute atomic E-state index is 13.5. The first-order chi connectivity index (χ1) is 16.4. The first kappa shape index (κ1) is 24.9. The third kappa shape index (κ3) is 5.37. The van der Waals surface area contributed by atoms with Crippen molar-refractivity contribution in [3.8, 4) is 0 Å². The minimum Gasteiger partial charge on any atom is -0.379 e. The van der Waals surface area contributed by atoms with E-state index in [1.165, 1.54) is 4.90 Å². The number of carbonyl (C=O) groups is 3. The number of fused-ring (bicyclic) bond motifs is 1. The Balaban J connectivity index is 1.51. The van der Waals surface area contributed by atoms with E-state index in [1.807, 2.05) is 50.3 Å². The van der Waals surface area contributed by atoms with Crippen LogP contribution in [0.1, 0.15) is 44.7 Å². The number of imide groups is 1. The Labute approximate surface area is 206 Å². The maximum Gasteiger partial charge on any atom is 0.243 e. The Hall–Kier alpha value is -2.22. The first-order valence-corrected chi connectivity index (χ1v) is 12.6. The summed E-state index contributed by atoms with van der Waals surface area (Å²) in [5.41, 5.74) is 1.05. The van der Waals surface area contributed by atoms with Crippen LogP contribution in [0.4, 0.5) is 0 Å². The Bertz CT molecular complexity index is 900. The van der Waals surface area contributed by atoms with Gasteiger partial charge in [-0.1, -0.05) is 49.7 Å². The van der Waals surface area contributed by atoms with Gasteiger partial charge in [0, 0.05) is 24.7 Å². The van der Waals surface area contributed by atoms with Crippen LogP contribution in [0.5, 0.6) is 0 Å². The molecule has 0 spiro atoms.